The summed E-state index contributed by atoms with van der Waals surface area (Å²) < 4.78 is 109. The molecular formula is C66H80ClN12Na3O17S3. The zero-order valence-corrected chi connectivity index (χ0v) is 67.1. The zero-order valence-electron chi connectivity index (χ0n) is 57.9. The number of nitrogens with zero attached hydrogens (tertiary/aromatic N) is 3. The first-order valence-electron chi connectivity index (χ1n) is 31.8. The van der Waals surface area contributed by atoms with Crippen molar-refractivity contribution in [2.75, 3.05) is 42.6 Å². The topological polar surface area (TPSA) is 468 Å². The van der Waals surface area contributed by atoms with E-state index in [2.05, 4.69) is 37.2 Å². The number of pyridine rings is 1. The van der Waals surface area contributed by atoms with E-state index in [-0.39, 0.29) is 191 Å². The summed E-state index contributed by atoms with van der Waals surface area (Å²) in [6.07, 6.45) is 8.36. The standard InChI is InChI=1S/C66H83ClN12O17S3.3Na/c1-65(2)48-36-45(67)40-78(30-12-32-97(88,89)90)59(48)77-54(65)25-21-43(22-26-55-66(3,4)47-37-46(99(94,95)96)23-24-53(47)79(55)31-13-33-98(91,92)93)44-17-10-16-42(34-44)20-27-56(80)70-28-9-8-18-50-61(85)74-49(19-11-29-71-64(68)69)60(84)72-39-57(81)73-52(38-58(82)83)63(87)76-51(62(86)75-50)35-41-14-6-5-7-15-41;;;/h5-7,10,14-17,21-26,34,36-37,40,49-52H,8-9,11-13,18-20,27-33,35,38-39H2,1-4H3,(H13-,68,69,70,71,72,73,74,75,76,80,81,82,83,84,85,86,87,88,89,90,91,92,93,94,95,96);;;/q;3*+1/p-3/t49-,50-,51+,52-;;;/m0.../s1. The normalized spacial score (nSPS) is 19.0. The van der Waals surface area contributed by atoms with Crippen LogP contribution >= 0.6 is 11.6 Å². The second-order valence-electron chi connectivity index (χ2n) is 25.2. The van der Waals surface area contributed by atoms with Crippen LogP contribution in [-0.4, -0.2) is 154 Å². The molecule has 4 aromatic rings. The monoisotopic (exact) mass is 1510 g/mol. The molecule has 1 fully saturated rings. The second kappa shape index (κ2) is 39.4. The van der Waals surface area contributed by atoms with Crippen LogP contribution in [0.25, 0.3) is 5.57 Å². The van der Waals surface area contributed by atoms with Crippen molar-refractivity contribution in [2.45, 2.75) is 145 Å². The number of unbranched alkanes of at least 4 members (excludes halogenated alkanes) is 1. The number of amides is 6. The fourth-order valence-electron chi connectivity index (χ4n) is 11.8. The van der Waals surface area contributed by atoms with Crippen LogP contribution in [0.1, 0.15) is 113 Å². The van der Waals surface area contributed by atoms with Gasteiger partial charge in [0.25, 0.3) is 0 Å². The molecule has 0 aliphatic carbocycles. The van der Waals surface area contributed by atoms with Crippen molar-refractivity contribution in [3.05, 3.63) is 148 Å². The number of aliphatic carboxylic acids is 1. The van der Waals surface area contributed by atoms with Gasteiger partial charge in [-0.25, -0.2) is 29.8 Å². The van der Waals surface area contributed by atoms with E-state index in [1.165, 1.54) is 12.1 Å². The van der Waals surface area contributed by atoms with Crippen molar-refractivity contribution < 1.29 is 171 Å². The van der Waals surface area contributed by atoms with Crippen molar-refractivity contribution in [3.63, 3.8) is 0 Å². The smallest absolute Gasteiger partial charge is 0.748 e. The van der Waals surface area contributed by atoms with Crippen LogP contribution < -0.4 is 146 Å². The van der Waals surface area contributed by atoms with Crippen molar-refractivity contribution in [1.82, 2.24) is 37.2 Å². The molecule has 10 N–H and O–H groups in total. The first-order chi connectivity index (χ1) is 46.5. The Morgan fingerprint density at radius 3 is 2.00 bits per heavy atom. The van der Waals surface area contributed by atoms with Crippen LogP contribution in [0.15, 0.2) is 125 Å². The van der Waals surface area contributed by atoms with E-state index in [0.29, 0.717) is 50.2 Å². The Hall–Kier alpha value is -5.92. The number of nitrogens with two attached hydrogens (primary N) is 1. The van der Waals surface area contributed by atoms with Gasteiger partial charge in [0.15, 0.2) is 11.7 Å². The molecule has 3 aliphatic heterocycles. The van der Waals surface area contributed by atoms with Gasteiger partial charge in [-0.05, 0) is 134 Å². The SMILES string of the molecule is CC1(C)C(/C=C/C(=C/C=C2\N(CCCS(=O)(=O)[O-])c3ccc(S(=O)(=O)[O-])cc3C2(C)C)c2cccc(CCC(=O)NCCCC[C@@H]3NC(=O)[C@@H](Cc4ccccc4)NC(=O)[C@H](CC(=O)[O-])NC(=O)CNC(=O)[C@H](CCCNC(=N)N)NC3=O)c2)=Nc2c1cc(Cl)c[n+]2CCCS(=O)(=O)[O-].[Na+].[Na+].[Na+]. The number of carboxylic acid groups (broad SMARTS) is 1. The first kappa shape index (κ1) is 88.5. The number of hydrogen-bond acceptors (Lipinski definition) is 20. The summed E-state index contributed by atoms with van der Waals surface area (Å²) in [7, 11) is -14.1. The van der Waals surface area contributed by atoms with Gasteiger partial charge in [-0.3, -0.25) is 34.2 Å². The van der Waals surface area contributed by atoms with Crippen LogP contribution in [0.5, 0.6) is 0 Å². The molecule has 0 bridgehead atoms. The summed E-state index contributed by atoms with van der Waals surface area (Å²) >= 11 is 6.60. The Balaban J connectivity index is 0.00000735. The fourth-order valence-corrected chi connectivity index (χ4v) is 13.4. The summed E-state index contributed by atoms with van der Waals surface area (Å²) in [6, 6.07) is 15.6. The van der Waals surface area contributed by atoms with Crippen LogP contribution in [0, 0.1) is 5.41 Å². The molecule has 0 unspecified atom stereocenters. The molecule has 0 spiro atoms. The van der Waals surface area contributed by atoms with Gasteiger partial charge in [0.05, 0.1) is 54.2 Å². The predicted octanol–water partition coefficient (Wildman–Crippen LogP) is -7.97. The summed E-state index contributed by atoms with van der Waals surface area (Å²) in [5.74, 6) is -7.70. The maximum absolute atomic E-state index is 14.3. The molecule has 0 radical (unpaired) electrons. The van der Waals surface area contributed by atoms with Crippen molar-refractivity contribution in [3.8, 4) is 0 Å². The number of carboxylic acids is 1. The van der Waals surface area contributed by atoms with Crippen LogP contribution in [0.3, 0.4) is 0 Å². The van der Waals surface area contributed by atoms with Gasteiger partial charge in [0.2, 0.25) is 35.4 Å². The van der Waals surface area contributed by atoms with Crippen molar-refractivity contribution >= 4 is 112 Å². The molecule has 6 amide bonds. The Morgan fingerprint density at radius 2 is 1.34 bits per heavy atom. The van der Waals surface area contributed by atoms with E-state index >= 15 is 0 Å². The average molecular weight is 1510 g/mol. The van der Waals surface area contributed by atoms with Gasteiger partial charge >= 0.3 is 94.5 Å². The van der Waals surface area contributed by atoms with Crippen LogP contribution in [-0.2, 0) is 94.1 Å². The van der Waals surface area contributed by atoms with Gasteiger partial charge in [0, 0.05) is 73.2 Å². The number of nitrogens with one attached hydrogen (secondary N) is 8. The number of aromatic nitrogens is 1. The molecule has 0 saturated carbocycles. The molecule has 36 heteroatoms. The largest absolute Gasteiger partial charge is 1.00 e. The number of carbonyl (C=O) groups excluding carboxylic acids is 7. The Bertz CT molecular complexity index is 4240. The first-order valence-corrected chi connectivity index (χ1v) is 36.8. The Kier molecular flexibility index (Phi) is 34.2. The summed E-state index contributed by atoms with van der Waals surface area (Å²) in [5, 5.41) is 37.6. The van der Waals surface area contributed by atoms with E-state index in [4.69, 9.17) is 27.7 Å². The predicted molar refractivity (Wildman–Crippen MR) is 361 cm³/mol. The maximum atomic E-state index is 14.3. The Morgan fingerprint density at radius 1 is 0.725 bits per heavy atom. The number of aryl methyl sites for hydroxylation is 2. The number of halogens is 1. The molecule has 534 valence electrons. The quantitative estimate of drug-likeness (QED) is 0.00464. The van der Waals surface area contributed by atoms with Gasteiger partial charge in [-0.1, -0.05) is 92.2 Å². The third-order valence-corrected chi connectivity index (χ3v) is 19.5. The minimum Gasteiger partial charge on any atom is -0.748 e. The second-order valence-corrected chi connectivity index (χ2v) is 30.0. The molecular weight excluding hydrogens is 1430 g/mol. The Labute approximate surface area is 665 Å². The number of allylic oxidation sites excluding steroid dienone is 6. The van der Waals surface area contributed by atoms with E-state index in [1.54, 1.807) is 90.2 Å². The van der Waals surface area contributed by atoms with Gasteiger partial charge in [-0.15, -0.1) is 0 Å². The van der Waals surface area contributed by atoms with Gasteiger partial charge in [0.1, 0.15) is 40.5 Å². The minimum atomic E-state index is -4.91. The third kappa shape index (κ3) is 26.3. The molecule has 29 nitrogen and oxygen atoms in total. The van der Waals surface area contributed by atoms with Crippen LogP contribution in [0.4, 0.5) is 11.5 Å². The summed E-state index contributed by atoms with van der Waals surface area (Å²) in [4.78, 5) is 100. The number of anilines is 1. The number of rotatable bonds is 29. The number of hydrogen-bond donors (Lipinski definition) is 9. The average Bonchev–Trinajstić information content (AvgIpc) is 1.59. The molecule has 4 atom stereocenters. The summed E-state index contributed by atoms with van der Waals surface area (Å²) in [6.45, 7) is 7.09. The molecule has 3 aliphatic rings. The molecule has 7 rings (SSSR count). The molecule has 102 heavy (non-hydrogen) atoms. The van der Waals surface area contributed by atoms with Gasteiger partial charge < -0.3 is 71.4 Å². The molecule has 1 aromatic heterocycles. The van der Waals surface area contributed by atoms with E-state index in [0.717, 1.165) is 17.2 Å². The number of benzene rings is 3. The number of guanidine groups is 1. The van der Waals surface area contributed by atoms with Crippen molar-refractivity contribution in [1.29, 1.82) is 5.41 Å². The number of carbonyl (C=O) groups is 7. The van der Waals surface area contributed by atoms with Crippen LogP contribution in [0.2, 0.25) is 5.02 Å². The fraction of sp³-hybridized carbons (Fsp3) is 0.424. The number of fused-ring (bicyclic) bond motifs is 2. The molecule has 1 saturated heterocycles. The molecule has 4 heterocycles. The minimum absolute atomic E-state index is 0. The van der Waals surface area contributed by atoms with Crippen molar-refractivity contribution in [2.24, 2.45) is 10.7 Å². The van der Waals surface area contributed by atoms with E-state index in [9.17, 15) is 77.6 Å². The maximum Gasteiger partial charge on any atom is 1.00 e. The van der Waals surface area contributed by atoms with E-state index < -0.39 is 130 Å². The third-order valence-electron chi connectivity index (χ3n) is 16.9. The number of aliphatic imine (C=N–C) groups is 1. The zero-order chi connectivity index (χ0) is 72.6. The van der Waals surface area contributed by atoms with Gasteiger partial charge in [-0.2, -0.15) is 0 Å². The summed E-state index contributed by atoms with van der Waals surface area (Å²) in [5.41, 5.74) is 8.93. The molecule has 3 aromatic carbocycles. The van der Waals surface area contributed by atoms with E-state index in [1.807, 2.05) is 38.1 Å².